The molecule has 0 aromatic heterocycles. The van der Waals surface area contributed by atoms with E-state index in [-0.39, 0.29) is 18.4 Å². The van der Waals surface area contributed by atoms with Crippen LogP contribution in [-0.2, 0) is 10.2 Å². The number of hydrogen-bond acceptors (Lipinski definition) is 4. The monoisotopic (exact) mass is 359 g/mol. The Morgan fingerprint density at radius 1 is 1.31 bits per heavy atom. The minimum Gasteiger partial charge on any atom is -0.396 e. The molecule has 26 heavy (non-hydrogen) atoms. The van der Waals surface area contributed by atoms with E-state index >= 15 is 0 Å². The number of nitrogens with one attached hydrogen (secondary N) is 1. The third-order valence-corrected chi connectivity index (χ3v) is 5.73. The molecule has 0 atom stereocenters. The van der Waals surface area contributed by atoms with Crippen molar-refractivity contribution in [3.05, 3.63) is 29.3 Å². The van der Waals surface area contributed by atoms with Crippen LogP contribution in [0.15, 0.2) is 18.2 Å². The van der Waals surface area contributed by atoms with Gasteiger partial charge in [-0.05, 0) is 62.5 Å². The van der Waals surface area contributed by atoms with Crippen LogP contribution in [0.1, 0.15) is 48.5 Å². The van der Waals surface area contributed by atoms with Crippen molar-refractivity contribution < 1.29 is 14.7 Å². The largest absolute Gasteiger partial charge is 0.396 e. The number of carbonyl (C=O) groups is 2. The Hall–Kier alpha value is -1.92. The lowest BCUT2D eigenvalue weighted by molar-refractivity contribution is -0.124. The van der Waals surface area contributed by atoms with Gasteiger partial charge >= 0.3 is 0 Å². The predicted octanol–water partition coefficient (Wildman–Crippen LogP) is 1.52. The number of carbonyl (C=O) groups excluding carboxylic acids is 2. The molecular weight excluding hydrogens is 330 g/mol. The average Bonchev–Trinajstić information content (AvgIpc) is 2.87. The summed E-state index contributed by atoms with van der Waals surface area (Å²) in [5.74, 6) is 0.0626. The highest BCUT2D eigenvalue weighted by Gasteiger charge is 2.51. The van der Waals surface area contributed by atoms with Crippen molar-refractivity contribution in [3.8, 4) is 0 Å². The summed E-state index contributed by atoms with van der Waals surface area (Å²) < 4.78 is 0. The van der Waals surface area contributed by atoms with Crippen LogP contribution in [0.4, 0.5) is 5.69 Å². The minimum absolute atomic E-state index is 0.0767. The normalized spacial score (nSPS) is 19.0. The molecule has 1 aromatic rings. The molecule has 0 saturated carbocycles. The molecule has 6 nitrogen and oxygen atoms in total. The molecule has 2 amide bonds. The van der Waals surface area contributed by atoms with Crippen LogP contribution in [0.2, 0.25) is 0 Å². The van der Waals surface area contributed by atoms with E-state index in [4.69, 9.17) is 5.11 Å². The van der Waals surface area contributed by atoms with Gasteiger partial charge in [-0.3, -0.25) is 9.59 Å². The molecule has 2 aliphatic rings. The number of amides is 2. The number of benzene rings is 1. The second-order valence-corrected chi connectivity index (χ2v) is 7.35. The van der Waals surface area contributed by atoms with E-state index in [1.165, 1.54) is 0 Å². The molecule has 2 N–H and O–H groups in total. The number of hydrogen-bond donors (Lipinski definition) is 2. The first-order chi connectivity index (χ1) is 12.5. The first-order valence-electron chi connectivity index (χ1n) is 9.57. The summed E-state index contributed by atoms with van der Waals surface area (Å²) in [4.78, 5) is 29.5. The van der Waals surface area contributed by atoms with Gasteiger partial charge < -0.3 is 20.2 Å². The second kappa shape index (κ2) is 7.76. The molecule has 0 bridgehead atoms. The lowest BCUT2D eigenvalue weighted by Crippen LogP contribution is -2.48. The molecule has 1 aromatic carbocycles. The SMILES string of the molecule is CCCNC(=O)c1ccc2c(c1)C1(CCN(CCCO)CC1)C(=O)N2C. The number of likely N-dealkylation sites (N-methyl/N-ethyl adjacent to an activating group) is 1. The fraction of sp³-hybridized carbons (Fsp3) is 0.600. The van der Waals surface area contributed by atoms with Gasteiger partial charge in [0.15, 0.2) is 0 Å². The highest BCUT2D eigenvalue weighted by Crippen LogP contribution is 2.47. The van der Waals surface area contributed by atoms with Crippen molar-refractivity contribution >= 4 is 17.5 Å². The van der Waals surface area contributed by atoms with Crippen molar-refractivity contribution in [1.82, 2.24) is 10.2 Å². The number of aliphatic hydroxyl groups excluding tert-OH is 1. The van der Waals surface area contributed by atoms with Crippen molar-refractivity contribution in [2.24, 2.45) is 0 Å². The average molecular weight is 359 g/mol. The molecule has 3 rings (SSSR count). The molecule has 0 aliphatic carbocycles. The van der Waals surface area contributed by atoms with Gasteiger partial charge in [-0.1, -0.05) is 6.92 Å². The van der Waals surface area contributed by atoms with Gasteiger partial charge in [0.05, 0.1) is 5.41 Å². The summed E-state index contributed by atoms with van der Waals surface area (Å²) in [6.45, 7) is 5.41. The van der Waals surface area contributed by atoms with Crippen molar-refractivity contribution in [3.63, 3.8) is 0 Å². The third kappa shape index (κ3) is 3.23. The predicted molar refractivity (Wildman–Crippen MR) is 102 cm³/mol. The number of fused-ring (bicyclic) bond motifs is 2. The van der Waals surface area contributed by atoms with E-state index in [1.54, 1.807) is 4.90 Å². The number of anilines is 1. The molecule has 6 heteroatoms. The van der Waals surface area contributed by atoms with Crippen molar-refractivity contribution in [1.29, 1.82) is 0 Å². The highest BCUT2D eigenvalue weighted by molar-refractivity contribution is 6.09. The first-order valence-corrected chi connectivity index (χ1v) is 9.57. The first kappa shape index (κ1) is 18.9. The highest BCUT2D eigenvalue weighted by atomic mass is 16.3. The molecule has 0 unspecified atom stereocenters. The molecule has 1 spiro atoms. The van der Waals surface area contributed by atoms with E-state index in [0.717, 1.165) is 56.6 Å². The summed E-state index contributed by atoms with van der Waals surface area (Å²) >= 11 is 0. The summed E-state index contributed by atoms with van der Waals surface area (Å²) in [5, 5.41) is 11.9. The topological polar surface area (TPSA) is 72.9 Å². The molecule has 2 aliphatic heterocycles. The van der Waals surface area contributed by atoms with Gasteiger partial charge in [0.25, 0.3) is 5.91 Å². The van der Waals surface area contributed by atoms with Crippen LogP contribution in [0.25, 0.3) is 0 Å². The molecule has 142 valence electrons. The van der Waals surface area contributed by atoms with Crippen molar-refractivity contribution in [2.75, 3.05) is 44.7 Å². The van der Waals surface area contributed by atoms with Gasteiger partial charge in [0.1, 0.15) is 0 Å². The van der Waals surface area contributed by atoms with Crippen molar-refractivity contribution in [2.45, 2.75) is 38.0 Å². The quantitative estimate of drug-likeness (QED) is 0.808. The van der Waals surface area contributed by atoms with E-state index in [1.807, 2.05) is 32.2 Å². The molecular formula is C20H29N3O3. The zero-order valence-corrected chi connectivity index (χ0v) is 15.8. The second-order valence-electron chi connectivity index (χ2n) is 7.35. The van der Waals surface area contributed by atoms with E-state index in [9.17, 15) is 9.59 Å². The molecule has 2 heterocycles. The summed E-state index contributed by atoms with van der Waals surface area (Å²) in [6.07, 6.45) is 3.17. The van der Waals surface area contributed by atoms with Gasteiger partial charge in [0.2, 0.25) is 5.91 Å². The van der Waals surface area contributed by atoms with Crippen LogP contribution >= 0.6 is 0 Å². The fourth-order valence-electron chi connectivity index (χ4n) is 4.18. The number of piperidine rings is 1. The summed E-state index contributed by atoms with van der Waals surface area (Å²) in [5.41, 5.74) is 2.03. The van der Waals surface area contributed by atoms with E-state index < -0.39 is 5.41 Å². The van der Waals surface area contributed by atoms with Crippen LogP contribution in [0.5, 0.6) is 0 Å². The molecule has 1 fully saturated rings. The Bertz CT molecular complexity index is 681. The Kier molecular flexibility index (Phi) is 5.63. The zero-order valence-electron chi connectivity index (χ0n) is 15.8. The maximum atomic E-state index is 13.1. The lowest BCUT2D eigenvalue weighted by atomic mass is 9.73. The van der Waals surface area contributed by atoms with Crippen LogP contribution in [0.3, 0.4) is 0 Å². The van der Waals surface area contributed by atoms with Gasteiger partial charge in [-0.2, -0.15) is 0 Å². The van der Waals surface area contributed by atoms with E-state index in [2.05, 4.69) is 10.2 Å². The van der Waals surface area contributed by atoms with Gasteiger partial charge in [-0.15, -0.1) is 0 Å². The standard InChI is InChI=1S/C20H29N3O3/c1-3-9-21-18(25)15-5-6-17-16(14-15)20(19(26)22(17)2)7-11-23(12-8-20)10-4-13-24/h5-6,14,24H,3-4,7-13H2,1-2H3,(H,21,25). The Balaban J connectivity index is 1.85. The summed E-state index contributed by atoms with van der Waals surface area (Å²) in [7, 11) is 1.82. The lowest BCUT2D eigenvalue weighted by Gasteiger charge is -2.38. The summed E-state index contributed by atoms with van der Waals surface area (Å²) in [6, 6.07) is 5.63. The molecule has 1 saturated heterocycles. The number of likely N-dealkylation sites (tertiary alicyclic amines) is 1. The zero-order chi connectivity index (χ0) is 18.7. The smallest absolute Gasteiger partial charge is 0.251 e. The Labute approximate surface area is 155 Å². The van der Waals surface area contributed by atoms with E-state index in [0.29, 0.717) is 12.1 Å². The Morgan fingerprint density at radius 2 is 2.04 bits per heavy atom. The van der Waals surface area contributed by atoms with Gasteiger partial charge in [0, 0.05) is 38.0 Å². The fourth-order valence-corrected chi connectivity index (χ4v) is 4.18. The third-order valence-electron chi connectivity index (χ3n) is 5.73. The maximum absolute atomic E-state index is 13.1. The number of nitrogens with zero attached hydrogens (tertiary/aromatic N) is 2. The van der Waals surface area contributed by atoms with Crippen LogP contribution < -0.4 is 10.2 Å². The maximum Gasteiger partial charge on any atom is 0.251 e. The minimum atomic E-state index is -0.513. The number of aliphatic hydroxyl groups is 1. The number of rotatable bonds is 6. The van der Waals surface area contributed by atoms with Crippen LogP contribution in [-0.4, -0.2) is 61.7 Å². The van der Waals surface area contributed by atoms with Gasteiger partial charge in [-0.25, -0.2) is 0 Å². The molecule has 0 radical (unpaired) electrons. The Morgan fingerprint density at radius 3 is 2.69 bits per heavy atom. The van der Waals surface area contributed by atoms with Crippen LogP contribution in [0, 0.1) is 0 Å².